The van der Waals surface area contributed by atoms with Crippen LogP contribution >= 0.6 is 11.6 Å². The maximum atomic E-state index is 5.89. The summed E-state index contributed by atoms with van der Waals surface area (Å²) in [6.45, 7) is 4.75. The summed E-state index contributed by atoms with van der Waals surface area (Å²) in [5, 5.41) is 0.830. The number of halogens is 1. The van der Waals surface area contributed by atoms with Crippen molar-refractivity contribution in [2.45, 2.75) is 58.3 Å². The molecule has 0 saturated heterocycles. The first-order valence-electron chi connectivity index (χ1n) is 8.15. The number of unbranched alkanes of at least 4 members (excludes halogenated alkanes) is 5. The van der Waals surface area contributed by atoms with Gasteiger partial charge in [-0.25, -0.2) is 0 Å². The van der Waals surface area contributed by atoms with Gasteiger partial charge >= 0.3 is 0 Å². The molecule has 1 rings (SSSR count). The van der Waals surface area contributed by atoms with E-state index in [1.54, 1.807) is 0 Å². The van der Waals surface area contributed by atoms with Crippen LogP contribution in [0.25, 0.3) is 0 Å². The predicted octanol–water partition coefficient (Wildman–Crippen LogP) is 5.56. The highest BCUT2D eigenvalue weighted by Gasteiger charge is 1.99. The van der Waals surface area contributed by atoms with E-state index in [0.29, 0.717) is 0 Å². The fourth-order valence-corrected chi connectivity index (χ4v) is 2.58. The van der Waals surface area contributed by atoms with E-state index >= 15 is 0 Å². The minimum absolute atomic E-state index is 0.830. The second kappa shape index (κ2) is 11.2. The molecular weight excluding hydrogens is 266 g/mol. The van der Waals surface area contributed by atoms with Gasteiger partial charge in [-0.3, -0.25) is 0 Å². The minimum atomic E-state index is 0.830. The second-order valence-corrected chi connectivity index (χ2v) is 6.24. The molecule has 0 N–H and O–H groups in total. The molecule has 1 aromatic rings. The zero-order valence-corrected chi connectivity index (χ0v) is 14.0. The highest BCUT2D eigenvalue weighted by Crippen LogP contribution is 2.12. The lowest BCUT2D eigenvalue weighted by atomic mass is 10.1. The van der Waals surface area contributed by atoms with Crippen molar-refractivity contribution >= 4 is 11.6 Å². The molecule has 0 spiro atoms. The van der Waals surface area contributed by atoms with Crippen LogP contribution in [0.4, 0.5) is 0 Å². The van der Waals surface area contributed by atoms with Gasteiger partial charge in [0.25, 0.3) is 0 Å². The molecule has 0 aliphatic rings. The molecule has 0 atom stereocenters. The number of aryl methyl sites for hydroxylation is 1. The fourth-order valence-electron chi connectivity index (χ4n) is 2.46. The molecule has 2 heteroatoms. The number of hydrogen-bond acceptors (Lipinski definition) is 1. The van der Waals surface area contributed by atoms with Crippen molar-refractivity contribution < 1.29 is 0 Å². The van der Waals surface area contributed by atoms with E-state index in [0.717, 1.165) is 5.02 Å². The number of benzene rings is 1. The standard InChI is InChI=1S/C18H30ClN/c1-3-4-5-6-8-15-20(2)16-9-7-10-17-11-13-18(19)14-12-17/h11-14H,3-10,15-16H2,1-2H3. The van der Waals surface area contributed by atoms with Crippen LogP contribution < -0.4 is 0 Å². The summed E-state index contributed by atoms with van der Waals surface area (Å²) in [7, 11) is 2.25. The van der Waals surface area contributed by atoms with Gasteiger partial charge in [0.05, 0.1) is 0 Å². The maximum Gasteiger partial charge on any atom is 0.0406 e. The Hall–Kier alpha value is -0.530. The van der Waals surface area contributed by atoms with E-state index in [4.69, 9.17) is 11.6 Å². The molecule has 0 unspecified atom stereocenters. The zero-order valence-electron chi connectivity index (χ0n) is 13.2. The van der Waals surface area contributed by atoms with Crippen molar-refractivity contribution in [2.75, 3.05) is 20.1 Å². The summed E-state index contributed by atoms with van der Waals surface area (Å²) in [6, 6.07) is 8.25. The van der Waals surface area contributed by atoms with E-state index < -0.39 is 0 Å². The molecule has 0 fully saturated rings. The molecular formula is C18H30ClN. The smallest absolute Gasteiger partial charge is 0.0406 e. The Morgan fingerprint density at radius 2 is 1.45 bits per heavy atom. The van der Waals surface area contributed by atoms with Gasteiger partial charge in [0.2, 0.25) is 0 Å². The van der Waals surface area contributed by atoms with Crippen LogP contribution in [0.3, 0.4) is 0 Å². The first-order valence-corrected chi connectivity index (χ1v) is 8.53. The highest BCUT2D eigenvalue weighted by molar-refractivity contribution is 6.30. The molecule has 0 bridgehead atoms. The average Bonchev–Trinajstić information content (AvgIpc) is 2.45. The third-order valence-corrected chi connectivity index (χ3v) is 4.06. The van der Waals surface area contributed by atoms with Gasteiger partial charge in [0.1, 0.15) is 0 Å². The Morgan fingerprint density at radius 3 is 2.10 bits per heavy atom. The molecule has 0 amide bonds. The number of hydrogen-bond donors (Lipinski definition) is 0. The number of rotatable bonds is 11. The largest absolute Gasteiger partial charge is 0.306 e. The zero-order chi connectivity index (χ0) is 14.6. The van der Waals surface area contributed by atoms with Crippen LogP contribution in [0.1, 0.15) is 57.4 Å². The van der Waals surface area contributed by atoms with Crippen LogP contribution in [-0.2, 0) is 6.42 Å². The molecule has 20 heavy (non-hydrogen) atoms. The third kappa shape index (κ3) is 8.60. The van der Waals surface area contributed by atoms with Crippen LogP contribution in [-0.4, -0.2) is 25.0 Å². The molecule has 0 aliphatic heterocycles. The first-order chi connectivity index (χ1) is 9.72. The normalized spacial score (nSPS) is 11.2. The summed E-state index contributed by atoms with van der Waals surface area (Å²) in [5.41, 5.74) is 1.40. The lowest BCUT2D eigenvalue weighted by molar-refractivity contribution is 0.316. The third-order valence-electron chi connectivity index (χ3n) is 3.81. The average molecular weight is 296 g/mol. The Labute approximate surface area is 130 Å². The van der Waals surface area contributed by atoms with E-state index in [1.165, 1.54) is 70.0 Å². The molecule has 0 aromatic heterocycles. The molecule has 114 valence electrons. The van der Waals surface area contributed by atoms with Crippen molar-refractivity contribution in [3.8, 4) is 0 Å². The number of nitrogens with zero attached hydrogens (tertiary/aromatic N) is 1. The van der Waals surface area contributed by atoms with Crippen molar-refractivity contribution in [3.05, 3.63) is 34.9 Å². The van der Waals surface area contributed by atoms with E-state index in [9.17, 15) is 0 Å². The predicted molar refractivity (Wildman–Crippen MR) is 90.6 cm³/mol. The molecule has 0 radical (unpaired) electrons. The Morgan fingerprint density at radius 1 is 0.850 bits per heavy atom. The molecule has 1 nitrogen and oxygen atoms in total. The van der Waals surface area contributed by atoms with Crippen LogP contribution in [0, 0.1) is 0 Å². The summed E-state index contributed by atoms with van der Waals surface area (Å²) >= 11 is 5.89. The summed E-state index contributed by atoms with van der Waals surface area (Å²) in [4.78, 5) is 2.48. The Bertz CT molecular complexity index is 334. The van der Waals surface area contributed by atoms with Gasteiger partial charge in [-0.1, -0.05) is 56.3 Å². The van der Waals surface area contributed by atoms with E-state index in [1.807, 2.05) is 12.1 Å². The second-order valence-electron chi connectivity index (χ2n) is 5.80. The van der Waals surface area contributed by atoms with Crippen molar-refractivity contribution in [2.24, 2.45) is 0 Å². The van der Waals surface area contributed by atoms with Crippen LogP contribution in [0.2, 0.25) is 5.02 Å². The summed E-state index contributed by atoms with van der Waals surface area (Å²) in [6.07, 6.45) is 10.6. The molecule has 1 aromatic carbocycles. The van der Waals surface area contributed by atoms with Crippen LogP contribution in [0.15, 0.2) is 24.3 Å². The van der Waals surface area contributed by atoms with E-state index in [2.05, 4.69) is 31.0 Å². The van der Waals surface area contributed by atoms with Crippen molar-refractivity contribution in [1.29, 1.82) is 0 Å². The van der Waals surface area contributed by atoms with Gasteiger partial charge in [0.15, 0.2) is 0 Å². The fraction of sp³-hybridized carbons (Fsp3) is 0.667. The quantitative estimate of drug-likeness (QED) is 0.483. The van der Waals surface area contributed by atoms with Crippen molar-refractivity contribution in [1.82, 2.24) is 4.90 Å². The molecule has 0 heterocycles. The molecule has 0 aliphatic carbocycles. The topological polar surface area (TPSA) is 3.24 Å². The van der Waals surface area contributed by atoms with E-state index in [-0.39, 0.29) is 0 Å². The maximum absolute atomic E-state index is 5.89. The summed E-state index contributed by atoms with van der Waals surface area (Å²) < 4.78 is 0. The highest BCUT2D eigenvalue weighted by atomic mass is 35.5. The lowest BCUT2D eigenvalue weighted by Crippen LogP contribution is -2.21. The summed E-state index contributed by atoms with van der Waals surface area (Å²) in [5.74, 6) is 0. The lowest BCUT2D eigenvalue weighted by Gasteiger charge is -2.16. The van der Waals surface area contributed by atoms with Gasteiger partial charge in [-0.05, 0) is 63.5 Å². The van der Waals surface area contributed by atoms with Gasteiger partial charge in [-0.2, -0.15) is 0 Å². The minimum Gasteiger partial charge on any atom is -0.306 e. The van der Waals surface area contributed by atoms with Crippen LogP contribution in [0.5, 0.6) is 0 Å². The molecule has 0 saturated carbocycles. The van der Waals surface area contributed by atoms with Gasteiger partial charge in [-0.15, -0.1) is 0 Å². The Kier molecular flexibility index (Phi) is 9.78. The Balaban J connectivity index is 1.98. The van der Waals surface area contributed by atoms with Gasteiger partial charge in [0, 0.05) is 5.02 Å². The monoisotopic (exact) mass is 295 g/mol. The first kappa shape index (κ1) is 17.5. The van der Waals surface area contributed by atoms with Gasteiger partial charge < -0.3 is 4.90 Å². The van der Waals surface area contributed by atoms with Crippen molar-refractivity contribution in [3.63, 3.8) is 0 Å². The SMILES string of the molecule is CCCCCCCN(C)CCCCc1ccc(Cl)cc1.